The molecule has 0 aromatic carbocycles. The second kappa shape index (κ2) is 11.4. The lowest BCUT2D eigenvalue weighted by Crippen LogP contribution is -2.47. The Kier molecular flexibility index (Phi) is 10.1. The minimum absolute atomic E-state index is 0. The summed E-state index contributed by atoms with van der Waals surface area (Å²) in [6, 6.07) is 0.928. The lowest BCUT2D eigenvalue weighted by atomic mass is 9.96. The highest BCUT2D eigenvalue weighted by atomic mass is 127. The van der Waals surface area contributed by atoms with Gasteiger partial charge in [-0.3, -0.25) is 9.79 Å². The molecule has 1 unspecified atom stereocenters. The van der Waals surface area contributed by atoms with Crippen LogP contribution in [0, 0.1) is 5.41 Å². The maximum atomic E-state index is 12.8. The average Bonchev–Trinajstić information content (AvgIpc) is 3.10. The van der Waals surface area contributed by atoms with Crippen LogP contribution in [-0.4, -0.2) is 56.1 Å². The number of carbonyl (C=O) groups excluding carboxylic acids is 1. The highest BCUT2D eigenvalue weighted by Gasteiger charge is 2.33. The van der Waals surface area contributed by atoms with Crippen molar-refractivity contribution in [3.63, 3.8) is 0 Å². The summed E-state index contributed by atoms with van der Waals surface area (Å²) in [5.41, 5.74) is -1.31. The summed E-state index contributed by atoms with van der Waals surface area (Å²) >= 11 is 6.04. The molecular formula is C19H29ClF3IN6O. The van der Waals surface area contributed by atoms with E-state index in [4.69, 9.17) is 11.6 Å². The average molecular weight is 577 g/mol. The lowest BCUT2D eigenvalue weighted by molar-refractivity contribution is -0.137. The minimum atomic E-state index is -4.48. The zero-order chi connectivity index (χ0) is 22.5. The molecule has 176 valence electrons. The van der Waals surface area contributed by atoms with Crippen LogP contribution in [-0.2, 0) is 11.0 Å². The zero-order valence-corrected chi connectivity index (χ0v) is 21.0. The van der Waals surface area contributed by atoms with E-state index in [9.17, 15) is 18.0 Å². The third-order valence-corrected chi connectivity index (χ3v) is 4.86. The molecule has 1 fully saturated rings. The SMILES string of the molecule is CN=C(NCCNC(=O)C(C)(C)C)NC1CCN(c2ncc(C(F)(F)F)cc2Cl)C1.I. The van der Waals surface area contributed by atoms with Gasteiger partial charge in [-0.1, -0.05) is 32.4 Å². The van der Waals surface area contributed by atoms with Crippen LogP contribution in [0.25, 0.3) is 0 Å². The number of aromatic nitrogens is 1. The van der Waals surface area contributed by atoms with E-state index in [1.165, 1.54) is 0 Å². The van der Waals surface area contributed by atoms with Gasteiger partial charge in [0.05, 0.1) is 10.6 Å². The highest BCUT2D eigenvalue weighted by molar-refractivity contribution is 14.0. The number of aliphatic imine (C=N–C) groups is 1. The Labute approximate surface area is 202 Å². The summed E-state index contributed by atoms with van der Waals surface area (Å²) in [6.45, 7) is 7.64. The Hall–Kier alpha value is -1.50. The number of alkyl halides is 3. The summed E-state index contributed by atoms with van der Waals surface area (Å²) in [4.78, 5) is 21.8. The minimum Gasteiger partial charge on any atom is -0.355 e. The predicted molar refractivity (Wildman–Crippen MR) is 127 cm³/mol. The van der Waals surface area contributed by atoms with Crippen LogP contribution in [0.1, 0.15) is 32.8 Å². The Morgan fingerprint density at radius 3 is 2.48 bits per heavy atom. The fraction of sp³-hybridized carbons (Fsp3) is 0.632. The number of hydrogen-bond acceptors (Lipinski definition) is 4. The van der Waals surface area contributed by atoms with Crippen molar-refractivity contribution in [1.82, 2.24) is 20.9 Å². The molecule has 2 rings (SSSR count). The fourth-order valence-corrected chi connectivity index (χ4v) is 3.18. The first-order valence-electron chi connectivity index (χ1n) is 9.65. The van der Waals surface area contributed by atoms with Crippen molar-refractivity contribution < 1.29 is 18.0 Å². The molecule has 31 heavy (non-hydrogen) atoms. The smallest absolute Gasteiger partial charge is 0.355 e. The molecule has 1 aliphatic heterocycles. The molecule has 0 bridgehead atoms. The number of guanidine groups is 1. The summed E-state index contributed by atoms with van der Waals surface area (Å²) in [5, 5.41) is 9.23. The van der Waals surface area contributed by atoms with E-state index in [-0.39, 0.29) is 40.9 Å². The molecule has 0 radical (unpaired) electrons. The number of anilines is 1. The standard InChI is InChI=1S/C19H28ClF3N6O.HI/c1-18(2,3)16(30)25-6-7-26-17(24-4)28-13-5-8-29(11-13)15-14(20)9-12(10-27-15)19(21,22)23;/h9-10,13H,5-8,11H2,1-4H3,(H,25,30)(H2,24,26,28);1H. The molecule has 1 saturated heterocycles. The summed E-state index contributed by atoms with van der Waals surface area (Å²) in [6.07, 6.45) is -2.93. The molecule has 12 heteroatoms. The number of hydrogen-bond donors (Lipinski definition) is 3. The Morgan fingerprint density at radius 2 is 1.94 bits per heavy atom. The van der Waals surface area contributed by atoms with E-state index in [0.29, 0.717) is 38.0 Å². The quantitative estimate of drug-likeness (QED) is 0.217. The number of nitrogens with one attached hydrogen (secondary N) is 3. The van der Waals surface area contributed by atoms with Crippen molar-refractivity contribution in [3.8, 4) is 0 Å². The molecule has 1 atom stereocenters. The van der Waals surface area contributed by atoms with E-state index in [1.54, 1.807) is 7.05 Å². The van der Waals surface area contributed by atoms with Crippen LogP contribution in [0.15, 0.2) is 17.3 Å². The molecule has 1 aromatic heterocycles. The molecular weight excluding hydrogens is 548 g/mol. The summed E-state index contributed by atoms with van der Waals surface area (Å²) in [5.74, 6) is 0.889. The van der Waals surface area contributed by atoms with Gasteiger partial charge in [-0.15, -0.1) is 24.0 Å². The van der Waals surface area contributed by atoms with Gasteiger partial charge in [0.2, 0.25) is 5.91 Å². The Balaban J connectivity index is 0.00000480. The largest absolute Gasteiger partial charge is 0.417 e. The second-order valence-electron chi connectivity index (χ2n) is 8.11. The van der Waals surface area contributed by atoms with Crippen molar-refractivity contribution in [2.75, 3.05) is 38.1 Å². The van der Waals surface area contributed by atoms with Crippen molar-refractivity contribution >= 4 is 53.3 Å². The van der Waals surface area contributed by atoms with Gasteiger partial charge in [0.25, 0.3) is 0 Å². The first-order valence-corrected chi connectivity index (χ1v) is 10.0. The molecule has 1 amide bonds. The Bertz CT molecular complexity index is 785. The number of halogens is 5. The van der Waals surface area contributed by atoms with Gasteiger partial charge in [-0.25, -0.2) is 4.98 Å². The molecule has 7 nitrogen and oxygen atoms in total. The summed E-state index contributed by atoms with van der Waals surface area (Å²) in [7, 11) is 1.64. The third kappa shape index (κ3) is 8.17. The molecule has 0 saturated carbocycles. The van der Waals surface area contributed by atoms with Crippen LogP contribution in [0.3, 0.4) is 0 Å². The van der Waals surface area contributed by atoms with Crippen LogP contribution in [0.4, 0.5) is 19.0 Å². The molecule has 1 aliphatic rings. The zero-order valence-electron chi connectivity index (χ0n) is 17.9. The predicted octanol–water partition coefficient (Wildman–Crippen LogP) is 3.28. The Morgan fingerprint density at radius 1 is 1.29 bits per heavy atom. The lowest BCUT2D eigenvalue weighted by Gasteiger charge is -2.21. The number of nitrogens with zero attached hydrogens (tertiary/aromatic N) is 3. The van der Waals surface area contributed by atoms with Gasteiger partial charge in [0, 0.05) is 50.9 Å². The van der Waals surface area contributed by atoms with Crippen molar-refractivity contribution in [2.24, 2.45) is 10.4 Å². The van der Waals surface area contributed by atoms with E-state index in [0.717, 1.165) is 18.7 Å². The van der Waals surface area contributed by atoms with E-state index < -0.39 is 17.2 Å². The summed E-state index contributed by atoms with van der Waals surface area (Å²) < 4.78 is 38.4. The van der Waals surface area contributed by atoms with Gasteiger partial charge in [0.15, 0.2) is 5.96 Å². The third-order valence-electron chi connectivity index (χ3n) is 4.59. The monoisotopic (exact) mass is 576 g/mol. The number of carbonyl (C=O) groups is 1. The molecule has 0 spiro atoms. The van der Waals surface area contributed by atoms with E-state index in [2.05, 4.69) is 25.9 Å². The second-order valence-corrected chi connectivity index (χ2v) is 8.52. The van der Waals surface area contributed by atoms with Crippen LogP contribution < -0.4 is 20.9 Å². The number of amides is 1. The maximum absolute atomic E-state index is 12.8. The van der Waals surface area contributed by atoms with Crippen LogP contribution >= 0.6 is 35.6 Å². The van der Waals surface area contributed by atoms with Gasteiger partial charge in [0.1, 0.15) is 5.82 Å². The number of pyridine rings is 1. The molecule has 1 aromatic rings. The highest BCUT2D eigenvalue weighted by Crippen LogP contribution is 2.34. The van der Waals surface area contributed by atoms with Gasteiger partial charge in [-0.2, -0.15) is 13.2 Å². The first-order chi connectivity index (χ1) is 13.9. The van der Waals surface area contributed by atoms with Gasteiger partial charge >= 0.3 is 6.18 Å². The van der Waals surface area contributed by atoms with Crippen molar-refractivity contribution in [2.45, 2.75) is 39.4 Å². The maximum Gasteiger partial charge on any atom is 0.417 e. The molecule has 3 N–H and O–H groups in total. The normalized spacial score (nSPS) is 17.2. The topological polar surface area (TPSA) is 81.6 Å². The molecule has 0 aliphatic carbocycles. The van der Waals surface area contributed by atoms with E-state index in [1.807, 2.05) is 25.7 Å². The number of rotatable bonds is 5. The van der Waals surface area contributed by atoms with Crippen molar-refractivity contribution in [3.05, 3.63) is 22.8 Å². The van der Waals surface area contributed by atoms with Crippen LogP contribution in [0.5, 0.6) is 0 Å². The molecule has 2 heterocycles. The van der Waals surface area contributed by atoms with E-state index >= 15 is 0 Å². The van der Waals surface area contributed by atoms with Crippen LogP contribution in [0.2, 0.25) is 5.02 Å². The van der Waals surface area contributed by atoms with Crippen molar-refractivity contribution in [1.29, 1.82) is 0 Å². The van der Waals surface area contributed by atoms with Gasteiger partial charge < -0.3 is 20.9 Å². The first kappa shape index (κ1) is 27.5. The van der Waals surface area contributed by atoms with Gasteiger partial charge in [-0.05, 0) is 12.5 Å². The fourth-order valence-electron chi connectivity index (χ4n) is 2.90.